The van der Waals surface area contributed by atoms with E-state index in [4.69, 9.17) is 14.2 Å². The summed E-state index contributed by atoms with van der Waals surface area (Å²) in [6.45, 7) is 13.6. The molecule has 0 unspecified atom stereocenters. The summed E-state index contributed by atoms with van der Waals surface area (Å²) in [5.41, 5.74) is 0. The molecule has 314 valence electrons. The molecule has 0 spiro atoms. The van der Waals surface area contributed by atoms with E-state index < -0.39 is 6.10 Å². The highest BCUT2D eigenvalue weighted by atomic mass is 16.6. The molecule has 0 aromatic rings. The van der Waals surface area contributed by atoms with Crippen molar-refractivity contribution in [3.8, 4) is 0 Å². The van der Waals surface area contributed by atoms with Gasteiger partial charge in [-0.2, -0.15) is 0 Å². The molecule has 0 aliphatic heterocycles. The summed E-state index contributed by atoms with van der Waals surface area (Å²) in [5, 5.41) is 0. The van der Waals surface area contributed by atoms with E-state index in [1.807, 2.05) is 0 Å². The first-order valence-electron chi connectivity index (χ1n) is 23.1. The Morgan fingerprint density at radius 2 is 0.547 bits per heavy atom. The van der Waals surface area contributed by atoms with Crippen LogP contribution in [0.1, 0.15) is 247 Å². The van der Waals surface area contributed by atoms with Gasteiger partial charge in [0.2, 0.25) is 0 Å². The summed E-state index contributed by atoms with van der Waals surface area (Å²) < 4.78 is 16.7. The largest absolute Gasteiger partial charge is 0.462 e. The molecule has 0 radical (unpaired) electrons. The van der Waals surface area contributed by atoms with Crippen LogP contribution in [-0.2, 0) is 28.6 Å². The first kappa shape index (κ1) is 51.4. The van der Waals surface area contributed by atoms with Crippen molar-refractivity contribution < 1.29 is 28.6 Å². The van der Waals surface area contributed by atoms with Crippen LogP contribution in [0.5, 0.6) is 0 Å². The molecule has 0 fully saturated rings. The molecular weight excluding hydrogens is 661 g/mol. The van der Waals surface area contributed by atoms with Gasteiger partial charge in [-0.25, -0.2) is 0 Å². The van der Waals surface area contributed by atoms with Gasteiger partial charge in [-0.15, -0.1) is 0 Å². The second kappa shape index (κ2) is 38.7. The number of carbonyl (C=O) groups is 3. The van der Waals surface area contributed by atoms with Crippen LogP contribution < -0.4 is 0 Å². The Labute approximate surface area is 329 Å². The van der Waals surface area contributed by atoms with E-state index in [0.29, 0.717) is 19.3 Å². The summed E-state index contributed by atoms with van der Waals surface area (Å²) in [6.07, 6.45) is 35.3. The molecular formula is C47H90O6. The molecule has 53 heavy (non-hydrogen) atoms. The van der Waals surface area contributed by atoms with Gasteiger partial charge in [0, 0.05) is 19.3 Å². The van der Waals surface area contributed by atoms with Crippen molar-refractivity contribution >= 4 is 17.9 Å². The normalized spacial score (nSPS) is 12.2. The first-order chi connectivity index (χ1) is 25.6. The van der Waals surface area contributed by atoms with Gasteiger partial charge >= 0.3 is 17.9 Å². The molecule has 6 heteroatoms. The lowest BCUT2D eigenvalue weighted by molar-refractivity contribution is -0.167. The summed E-state index contributed by atoms with van der Waals surface area (Å²) >= 11 is 0. The topological polar surface area (TPSA) is 78.9 Å². The van der Waals surface area contributed by atoms with Crippen molar-refractivity contribution in [1.82, 2.24) is 0 Å². The van der Waals surface area contributed by atoms with E-state index in [1.54, 1.807) is 0 Å². The van der Waals surface area contributed by atoms with Crippen LogP contribution in [0.25, 0.3) is 0 Å². The minimum absolute atomic E-state index is 0.0668. The summed E-state index contributed by atoms with van der Waals surface area (Å²) in [7, 11) is 0. The zero-order valence-corrected chi connectivity index (χ0v) is 36.3. The fourth-order valence-electron chi connectivity index (χ4n) is 6.88. The van der Waals surface area contributed by atoms with Gasteiger partial charge in [0.05, 0.1) is 0 Å². The molecule has 0 heterocycles. The Morgan fingerprint density at radius 1 is 0.321 bits per heavy atom. The standard InChI is InChI=1S/C47H90O6/c1-41(2)33-27-21-15-11-8-7-9-13-17-24-30-36-45(48)51-39-44(53-47(50)38-32-26-20-19-23-29-35-43(5)6)40-52-46(49)37-31-25-18-14-10-12-16-22-28-34-42(3)4/h41-44H,7-40H2,1-6H3/t44-/m1/s1. The molecule has 1 atom stereocenters. The zero-order valence-electron chi connectivity index (χ0n) is 36.3. The van der Waals surface area contributed by atoms with Gasteiger partial charge in [-0.3, -0.25) is 14.4 Å². The number of carbonyl (C=O) groups excluding carboxylic acids is 3. The van der Waals surface area contributed by atoms with Crippen LogP contribution in [0.4, 0.5) is 0 Å². The van der Waals surface area contributed by atoms with E-state index in [2.05, 4.69) is 41.5 Å². The van der Waals surface area contributed by atoms with Crippen molar-refractivity contribution in [2.45, 2.75) is 253 Å². The minimum Gasteiger partial charge on any atom is -0.462 e. The highest BCUT2D eigenvalue weighted by Gasteiger charge is 2.19. The van der Waals surface area contributed by atoms with Gasteiger partial charge in [0.1, 0.15) is 13.2 Å². The molecule has 0 aliphatic carbocycles. The SMILES string of the molecule is CC(C)CCCCCCCCCCCCCC(=O)OC[C@H](COC(=O)CCCCCCCCCCCC(C)C)OC(=O)CCCCCCCCC(C)C. The smallest absolute Gasteiger partial charge is 0.306 e. The quantitative estimate of drug-likeness (QED) is 0.0352. The number of hydrogen-bond donors (Lipinski definition) is 0. The Hall–Kier alpha value is -1.59. The van der Waals surface area contributed by atoms with Gasteiger partial charge < -0.3 is 14.2 Å². The minimum atomic E-state index is -0.762. The lowest BCUT2D eigenvalue weighted by atomic mass is 10.0. The van der Waals surface area contributed by atoms with Crippen molar-refractivity contribution in [2.24, 2.45) is 17.8 Å². The maximum Gasteiger partial charge on any atom is 0.306 e. The van der Waals surface area contributed by atoms with Crippen LogP contribution in [0, 0.1) is 17.8 Å². The molecule has 0 saturated carbocycles. The van der Waals surface area contributed by atoms with Gasteiger partial charge in [-0.1, -0.05) is 208 Å². The maximum absolute atomic E-state index is 12.7. The number of ether oxygens (including phenoxy) is 3. The Balaban J connectivity index is 4.30. The van der Waals surface area contributed by atoms with Gasteiger partial charge in [-0.05, 0) is 37.0 Å². The van der Waals surface area contributed by atoms with Crippen molar-refractivity contribution in [3.63, 3.8) is 0 Å². The third kappa shape index (κ3) is 41.4. The molecule has 0 aromatic carbocycles. The lowest BCUT2D eigenvalue weighted by Gasteiger charge is -2.18. The number of unbranched alkanes of at least 4 members (excludes halogenated alkanes) is 23. The van der Waals surface area contributed by atoms with E-state index in [1.165, 1.54) is 128 Å². The van der Waals surface area contributed by atoms with Crippen molar-refractivity contribution in [1.29, 1.82) is 0 Å². The molecule has 0 bridgehead atoms. The third-order valence-electron chi connectivity index (χ3n) is 10.4. The van der Waals surface area contributed by atoms with Gasteiger partial charge in [0.15, 0.2) is 6.10 Å². The summed E-state index contributed by atoms with van der Waals surface area (Å²) in [6, 6.07) is 0. The monoisotopic (exact) mass is 751 g/mol. The van der Waals surface area contributed by atoms with Crippen molar-refractivity contribution in [2.75, 3.05) is 13.2 Å². The maximum atomic E-state index is 12.7. The van der Waals surface area contributed by atoms with Crippen LogP contribution in [0.3, 0.4) is 0 Å². The van der Waals surface area contributed by atoms with Gasteiger partial charge in [0.25, 0.3) is 0 Å². The predicted molar refractivity (Wildman–Crippen MR) is 224 cm³/mol. The average Bonchev–Trinajstić information content (AvgIpc) is 3.11. The second-order valence-electron chi connectivity index (χ2n) is 17.5. The van der Waals surface area contributed by atoms with E-state index in [0.717, 1.165) is 75.5 Å². The highest BCUT2D eigenvalue weighted by molar-refractivity contribution is 5.71. The molecule has 0 rings (SSSR count). The zero-order chi connectivity index (χ0) is 39.2. The van der Waals surface area contributed by atoms with Crippen LogP contribution in [0.15, 0.2) is 0 Å². The first-order valence-corrected chi connectivity index (χ1v) is 23.1. The van der Waals surface area contributed by atoms with E-state index in [9.17, 15) is 14.4 Å². The Bertz CT molecular complexity index is 822. The third-order valence-corrected chi connectivity index (χ3v) is 10.4. The summed E-state index contributed by atoms with van der Waals surface area (Å²) in [5.74, 6) is 1.53. The predicted octanol–water partition coefficient (Wildman–Crippen LogP) is 14.4. The molecule has 0 amide bonds. The van der Waals surface area contributed by atoms with Crippen LogP contribution in [0.2, 0.25) is 0 Å². The van der Waals surface area contributed by atoms with Crippen molar-refractivity contribution in [3.05, 3.63) is 0 Å². The number of esters is 3. The lowest BCUT2D eigenvalue weighted by Crippen LogP contribution is -2.30. The second-order valence-corrected chi connectivity index (χ2v) is 17.5. The fraction of sp³-hybridized carbons (Fsp3) is 0.936. The molecule has 0 saturated heterocycles. The average molecular weight is 751 g/mol. The van der Waals surface area contributed by atoms with Crippen LogP contribution in [-0.4, -0.2) is 37.2 Å². The van der Waals surface area contributed by atoms with E-state index in [-0.39, 0.29) is 31.1 Å². The Kier molecular flexibility index (Phi) is 37.5. The number of hydrogen-bond acceptors (Lipinski definition) is 6. The van der Waals surface area contributed by atoms with Crippen LogP contribution >= 0.6 is 0 Å². The Morgan fingerprint density at radius 3 is 0.811 bits per heavy atom. The molecule has 0 N–H and O–H groups in total. The highest BCUT2D eigenvalue weighted by Crippen LogP contribution is 2.17. The molecule has 0 aliphatic rings. The molecule has 6 nitrogen and oxygen atoms in total. The van der Waals surface area contributed by atoms with E-state index >= 15 is 0 Å². The summed E-state index contributed by atoms with van der Waals surface area (Å²) in [4.78, 5) is 37.7. The fourth-order valence-corrected chi connectivity index (χ4v) is 6.88. The number of rotatable bonds is 40. The molecule has 0 aromatic heterocycles.